The molecule has 0 atom stereocenters. The molecule has 24 heavy (non-hydrogen) atoms. The lowest BCUT2D eigenvalue weighted by atomic mass is 9.80. The zero-order valence-corrected chi connectivity index (χ0v) is 15.2. The minimum absolute atomic E-state index is 0.0999. The lowest BCUT2D eigenvalue weighted by Crippen LogP contribution is -2.16. The minimum atomic E-state index is -0.516. The summed E-state index contributed by atoms with van der Waals surface area (Å²) in [6, 6.07) is 3.44. The quantitative estimate of drug-likeness (QED) is 0.436. The van der Waals surface area contributed by atoms with Gasteiger partial charge in [0.25, 0.3) is 0 Å². The molecule has 2 aromatic rings. The zero-order chi connectivity index (χ0) is 22.3. The van der Waals surface area contributed by atoms with Gasteiger partial charge >= 0.3 is 0 Å². The Balaban J connectivity index is 2.52. The molecule has 0 fully saturated rings. The summed E-state index contributed by atoms with van der Waals surface area (Å²) in [5.74, 6) is 0. The molecule has 3 heteroatoms. The third kappa shape index (κ3) is 4.68. The number of rotatable bonds is 3. The van der Waals surface area contributed by atoms with E-state index in [0.717, 1.165) is 17.5 Å². The first kappa shape index (κ1) is 12.3. The van der Waals surface area contributed by atoms with E-state index in [2.05, 4.69) is 52.6 Å². The number of aliphatic imine (C=N–C) groups is 1. The van der Waals surface area contributed by atoms with Crippen LogP contribution in [0.4, 0.5) is 11.4 Å². The van der Waals surface area contributed by atoms with Crippen LogP contribution in [-0.2, 0) is 10.8 Å². The molecule has 0 amide bonds. The first-order valence-electron chi connectivity index (χ1n) is 10.4. The third-order valence-corrected chi connectivity index (χ3v) is 3.68. The van der Waals surface area contributed by atoms with Crippen molar-refractivity contribution in [3.8, 4) is 0 Å². The molecule has 0 heterocycles. The molecule has 2 rings (SSSR count). The van der Waals surface area contributed by atoms with Crippen LogP contribution in [0.15, 0.2) is 53.4 Å². The van der Waals surface area contributed by atoms with E-state index in [0.29, 0.717) is 10.8 Å². The number of hydrogen-bond acceptors (Lipinski definition) is 2. The molecule has 0 aliphatic carbocycles. The summed E-state index contributed by atoms with van der Waals surface area (Å²) in [5.41, 5.74) is 2.24. The first-order chi connectivity index (χ1) is 13.1. The van der Waals surface area contributed by atoms with Gasteiger partial charge in [0.05, 0.1) is 18.2 Å². The molecule has 0 spiro atoms. The summed E-state index contributed by atoms with van der Waals surface area (Å²) in [7, 11) is 0. The number of anilines is 1. The summed E-state index contributed by atoms with van der Waals surface area (Å²) in [6.45, 7) is 12.6. The largest absolute Gasteiger partial charge is 0.283 e. The predicted molar refractivity (Wildman–Crippen MR) is 103 cm³/mol. The van der Waals surface area contributed by atoms with Crippen molar-refractivity contribution in [3.63, 3.8) is 0 Å². The molecule has 1 N–H and O–H groups in total. The Labute approximate surface area is 152 Å². The van der Waals surface area contributed by atoms with Crippen LogP contribution in [0.1, 0.15) is 59.5 Å². The summed E-state index contributed by atoms with van der Waals surface area (Å²) in [6.07, 6.45) is 1.06. The number of nitrogens with zero attached hydrogens (tertiary/aromatic N) is 2. The van der Waals surface area contributed by atoms with E-state index in [1.54, 1.807) is 0 Å². The highest BCUT2D eigenvalue weighted by Crippen LogP contribution is 2.33. The standard InChI is InChI=1S/C21H28N2O/c1-20(2,3)16-12-17(21(4,5)6)14-18(13-16)22-15-23(24)19-10-8-7-9-11-19/h7-15,24H,1-6H3/i7D,8D,9D,10D,11D. The molecule has 0 saturated carbocycles. The van der Waals surface area contributed by atoms with Gasteiger partial charge in [0, 0.05) is 0 Å². The van der Waals surface area contributed by atoms with Gasteiger partial charge in [-0.1, -0.05) is 65.7 Å². The molecule has 0 aliphatic rings. The first-order valence-corrected chi connectivity index (χ1v) is 7.90. The second-order valence-corrected chi connectivity index (χ2v) is 7.83. The van der Waals surface area contributed by atoms with Gasteiger partial charge < -0.3 is 0 Å². The van der Waals surface area contributed by atoms with E-state index < -0.39 is 30.2 Å². The van der Waals surface area contributed by atoms with Gasteiger partial charge in [0.15, 0.2) is 0 Å². The molecule has 0 unspecified atom stereocenters. The summed E-state index contributed by atoms with van der Waals surface area (Å²) >= 11 is 0. The van der Waals surface area contributed by atoms with Crippen LogP contribution in [-0.4, -0.2) is 11.5 Å². The molecule has 0 radical (unpaired) electrons. The van der Waals surface area contributed by atoms with Gasteiger partial charge in [-0.05, 0) is 46.2 Å². The Morgan fingerprint density at radius 3 is 1.88 bits per heavy atom. The van der Waals surface area contributed by atoms with E-state index in [1.807, 2.05) is 12.1 Å². The van der Waals surface area contributed by atoms with Gasteiger partial charge in [-0.2, -0.15) is 0 Å². The SMILES string of the molecule is [2H]c1c([2H])c([2H])c(N(O)C=Nc2cc(C(C)(C)C)cc(C(C)(C)C)c2)c([2H])c1[2H]. The monoisotopic (exact) mass is 329 g/mol. The fourth-order valence-electron chi connectivity index (χ4n) is 2.09. The van der Waals surface area contributed by atoms with Crippen LogP contribution < -0.4 is 5.06 Å². The molecular weight excluding hydrogens is 296 g/mol. The van der Waals surface area contributed by atoms with E-state index in [4.69, 9.17) is 6.85 Å². The van der Waals surface area contributed by atoms with Crippen molar-refractivity contribution >= 4 is 17.7 Å². The lowest BCUT2D eigenvalue weighted by Gasteiger charge is -2.25. The molecule has 128 valence electrons. The van der Waals surface area contributed by atoms with E-state index in [-0.39, 0.29) is 16.5 Å². The highest BCUT2D eigenvalue weighted by Gasteiger charge is 2.20. The Morgan fingerprint density at radius 1 is 0.917 bits per heavy atom. The van der Waals surface area contributed by atoms with Crippen molar-refractivity contribution < 1.29 is 12.1 Å². The maximum absolute atomic E-state index is 10.4. The van der Waals surface area contributed by atoms with Crippen LogP contribution in [0, 0.1) is 0 Å². The Hall–Kier alpha value is -2.13. The van der Waals surface area contributed by atoms with Crippen molar-refractivity contribution in [2.45, 2.75) is 52.4 Å². The van der Waals surface area contributed by atoms with Gasteiger partial charge in [-0.25, -0.2) is 10.1 Å². The fraction of sp³-hybridized carbons (Fsp3) is 0.381. The zero-order valence-electron chi connectivity index (χ0n) is 20.2. The van der Waals surface area contributed by atoms with Crippen molar-refractivity contribution in [3.05, 3.63) is 59.5 Å². The van der Waals surface area contributed by atoms with Crippen LogP contribution in [0.2, 0.25) is 0 Å². The van der Waals surface area contributed by atoms with Crippen LogP contribution in [0.25, 0.3) is 0 Å². The Kier molecular flexibility index (Phi) is 3.46. The highest BCUT2D eigenvalue weighted by molar-refractivity contribution is 5.78. The second kappa shape index (κ2) is 6.78. The van der Waals surface area contributed by atoms with Gasteiger partial charge in [0.2, 0.25) is 0 Å². The van der Waals surface area contributed by atoms with Crippen LogP contribution in [0.3, 0.4) is 0 Å². The third-order valence-electron chi connectivity index (χ3n) is 3.68. The normalized spacial score (nSPS) is 15.5. The predicted octanol–water partition coefficient (Wildman–Crippen LogP) is 5.84. The average Bonchev–Trinajstić information content (AvgIpc) is 2.61. The van der Waals surface area contributed by atoms with E-state index >= 15 is 0 Å². The molecule has 0 aliphatic heterocycles. The van der Waals surface area contributed by atoms with Crippen molar-refractivity contribution in [2.75, 3.05) is 5.06 Å². The lowest BCUT2D eigenvalue weighted by molar-refractivity contribution is 0.317. The maximum atomic E-state index is 10.4. The van der Waals surface area contributed by atoms with Crippen LogP contribution >= 0.6 is 0 Å². The number of para-hydroxylation sites is 1. The van der Waals surface area contributed by atoms with Crippen LogP contribution in [0.5, 0.6) is 0 Å². The average molecular weight is 329 g/mol. The molecule has 0 aromatic heterocycles. The highest BCUT2D eigenvalue weighted by atomic mass is 16.5. The summed E-state index contributed by atoms with van der Waals surface area (Å²) in [5, 5.41) is 10.8. The minimum Gasteiger partial charge on any atom is -0.283 e. The second-order valence-electron chi connectivity index (χ2n) is 7.83. The maximum Gasteiger partial charge on any atom is 0.122 e. The molecule has 3 nitrogen and oxygen atoms in total. The van der Waals surface area contributed by atoms with E-state index in [1.165, 1.54) is 0 Å². The Bertz CT molecular complexity index is 898. The smallest absolute Gasteiger partial charge is 0.122 e. The Morgan fingerprint density at radius 2 is 1.42 bits per heavy atom. The van der Waals surface area contributed by atoms with Gasteiger partial charge in [-0.3, -0.25) is 5.21 Å². The van der Waals surface area contributed by atoms with Crippen molar-refractivity contribution in [2.24, 2.45) is 4.99 Å². The van der Waals surface area contributed by atoms with Crippen molar-refractivity contribution in [1.82, 2.24) is 0 Å². The molecular formula is C21H28N2O. The fourth-order valence-corrected chi connectivity index (χ4v) is 2.09. The molecule has 0 bridgehead atoms. The topological polar surface area (TPSA) is 35.8 Å². The summed E-state index contributed by atoms with van der Waals surface area (Å²) < 4.78 is 39.0. The molecule has 0 saturated heterocycles. The van der Waals surface area contributed by atoms with Crippen molar-refractivity contribution in [1.29, 1.82) is 0 Å². The number of benzene rings is 2. The summed E-state index contributed by atoms with van der Waals surface area (Å²) in [4.78, 5) is 4.31. The van der Waals surface area contributed by atoms with E-state index in [9.17, 15) is 5.21 Å². The van der Waals surface area contributed by atoms with Gasteiger partial charge in [0.1, 0.15) is 6.34 Å². The number of hydroxylamine groups is 1. The molecule has 2 aromatic carbocycles. The van der Waals surface area contributed by atoms with Gasteiger partial charge in [-0.15, -0.1) is 0 Å². The number of hydrogen-bond donors (Lipinski definition) is 1.